The summed E-state index contributed by atoms with van der Waals surface area (Å²) < 4.78 is 106. The largest absolute Gasteiger partial charge is 0.417 e. The monoisotopic (exact) mass is 351 g/mol. The van der Waals surface area contributed by atoms with E-state index in [1.165, 1.54) is 6.07 Å². The van der Waals surface area contributed by atoms with E-state index in [1.54, 1.807) is 0 Å². The lowest BCUT2D eigenvalue weighted by molar-refractivity contribution is -0.142. The first-order valence-electron chi connectivity index (χ1n) is 6.13. The van der Waals surface area contributed by atoms with Crippen molar-refractivity contribution in [3.05, 3.63) is 58.7 Å². The number of benzene rings is 2. The number of halogens is 8. The van der Waals surface area contributed by atoms with E-state index in [2.05, 4.69) is 0 Å². The van der Waals surface area contributed by atoms with Crippen molar-refractivity contribution in [2.45, 2.75) is 12.4 Å². The molecule has 126 valence electrons. The molecule has 0 atom stereocenters. The standard InChI is InChI=1S/C15H5F8N/c16-11-5-8(12(17)4-7(11)6-24)13-9(14(18,19)20)2-1-3-10(13)15(21,22)23/h1-5H. The fourth-order valence-corrected chi connectivity index (χ4v) is 2.14. The molecular weight excluding hydrogens is 346 g/mol. The quantitative estimate of drug-likeness (QED) is 0.619. The number of hydrogen-bond acceptors (Lipinski definition) is 1. The van der Waals surface area contributed by atoms with E-state index in [-0.39, 0.29) is 12.1 Å². The maximum absolute atomic E-state index is 14.0. The normalized spacial score (nSPS) is 12.1. The predicted octanol–water partition coefficient (Wildman–Crippen LogP) is 5.54. The maximum Gasteiger partial charge on any atom is 0.417 e. The van der Waals surface area contributed by atoms with E-state index in [0.717, 1.165) is 0 Å². The van der Waals surface area contributed by atoms with Gasteiger partial charge in [-0.25, -0.2) is 8.78 Å². The Hall–Kier alpha value is -2.63. The lowest BCUT2D eigenvalue weighted by Crippen LogP contribution is -2.14. The van der Waals surface area contributed by atoms with Gasteiger partial charge < -0.3 is 0 Å². The second-order valence-electron chi connectivity index (χ2n) is 4.65. The van der Waals surface area contributed by atoms with E-state index in [9.17, 15) is 35.1 Å². The molecule has 0 saturated heterocycles. The summed E-state index contributed by atoms with van der Waals surface area (Å²) in [5.41, 5.74) is -7.12. The van der Waals surface area contributed by atoms with Gasteiger partial charge in [0.05, 0.1) is 16.7 Å². The highest BCUT2D eigenvalue weighted by Crippen LogP contribution is 2.45. The van der Waals surface area contributed by atoms with Gasteiger partial charge in [0.1, 0.15) is 17.7 Å². The summed E-state index contributed by atoms with van der Waals surface area (Å²) in [6.45, 7) is 0. The van der Waals surface area contributed by atoms with Crippen molar-refractivity contribution >= 4 is 0 Å². The van der Waals surface area contributed by atoms with Gasteiger partial charge in [-0.15, -0.1) is 0 Å². The molecule has 0 fully saturated rings. The summed E-state index contributed by atoms with van der Waals surface area (Å²) in [6.07, 6.45) is -10.5. The van der Waals surface area contributed by atoms with E-state index in [1.807, 2.05) is 0 Å². The van der Waals surface area contributed by atoms with Crippen LogP contribution >= 0.6 is 0 Å². The van der Waals surface area contributed by atoms with Gasteiger partial charge in [-0.2, -0.15) is 31.6 Å². The molecule has 0 aliphatic heterocycles. The van der Waals surface area contributed by atoms with Crippen molar-refractivity contribution in [2.24, 2.45) is 0 Å². The molecule has 0 aliphatic carbocycles. The number of nitrogens with zero attached hydrogens (tertiary/aromatic N) is 1. The molecule has 0 unspecified atom stereocenters. The van der Waals surface area contributed by atoms with Gasteiger partial charge in [-0.3, -0.25) is 0 Å². The Balaban J connectivity index is 2.93. The molecule has 0 spiro atoms. The Kier molecular flexibility index (Phi) is 4.27. The summed E-state index contributed by atoms with van der Waals surface area (Å²) in [5, 5.41) is 8.56. The zero-order valence-corrected chi connectivity index (χ0v) is 11.4. The smallest absolute Gasteiger partial charge is 0.206 e. The topological polar surface area (TPSA) is 23.8 Å². The average Bonchev–Trinajstić information content (AvgIpc) is 2.46. The van der Waals surface area contributed by atoms with Crippen molar-refractivity contribution < 1.29 is 35.1 Å². The van der Waals surface area contributed by atoms with Crippen LogP contribution in [0.2, 0.25) is 0 Å². The third kappa shape index (κ3) is 3.18. The zero-order chi connectivity index (χ0) is 18.3. The van der Waals surface area contributed by atoms with Crippen LogP contribution in [-0.4, -0.2) is 0 Å². The first kappa shape index (κ1) is 17.7. The molecule has 0 amide bonds. The second-order valence-corrected chi connectivity index (χ2v) is 4.65. The van der Waals surface area contributed by atoms with Crippen LogP contribution in [0.15, 0.2) is 30.3 Å². The Labute approximate surface area is 129 Å². The van der Waals surface area contributed by atoms with Gasteiger partial charge in [0, 0.05) is 11.1 Å². The summed E-state index contributed by atoms with van der Waals surface area (Å²) in [7, 11) is 0. The molecule has 0 saturated carbocycles. The summed E-state index contributed by atoms with van der Waals surface area (Å²) >= 11 is 0. The summed E-state index contributed by atoms with van der Waals surface area (Å²) in [5.74, 6) is -3.01. The van der Waals surface area contributed by atoms with Crippen LogP contribution in [0.25, 0.3) is 11.1 Å². The Morgan fingerprint density at radius 2 is 1.29 bits per heavy atom. The minimum Gasteiger partial charge on any atom is -0.206 e. The number of alkyl halides is 6. The van der Waals surface area contributed by atoms with Crippen molar-refractivity contribution in [3.63, 3.8) is 0 Å². The Morgan fingerprint density at radius 1 is 0.792 bits per heavy atom. The van der Waals surface area contributed by atoms with Crippen LogP contribution in [0.3, 0.4) is 0 Å². The van der Waals surface area contributed by atoms with E-state index < -0.39 is 51.8 Å². The SMILES string of the molecule is N#Cc1cc(F)c(-c2c(C(F)(F)F)cccc2C(F)(F)F)cc1F. The Morgan fingerprint density at radius 3 is 1.71 bits per heavy atom. The van der Waals surface area contributed by atoms with Crippen molar-refractivity contribution in [1.82, 2.24) is 0 Å². The molecule has 24 heavy (non-hydrogen) atoms. The van der Waals surface area contributed by atoms with Crippen LogP contribution in [-0.2, 0) is 12.4 Å². The van der Waals surface area contributed by atoms with E-state index in [0.29, 0.717) is 18.2 Å². The van der Waals surface area contributed by atoms with Crippen molar-refractivity contribution in [2.75, 3.05) is 0 Å². The fourth-order valence-electron chi connectivity index (χ4n) is 2.14. The van der Waals surface area contributed by atoms with Crippen LogP contribution in [0, 0.1) is 23.0 Å². The van der Waals surface area contributed by atoms with Gasteiger partial charge in [0.2, 0.25) is 0 Å². The first-order valence-corrected chi connectivity index (χ1v) is 6.13. The molecule has 0 aliphatic rings. The predicted molar refractivity (Wildman–Crippen MR) is 66.5 cm³/mol. The highest BCUT2D eigenvalue weighted by atomic mass is 19.4. The van der Waals surface area contributed by atoms with Crippen molar-refractivity contribution in [3.8, 4) is 17.2 Å². The number of rotatable bonds is 1. The van der Waals surface area contributed by atoms with Gasteiger partial charge in [-0.1, -0.05) is 6.07 Å². The molecule has 2 rings (SSSR count). The fraction of sp³-hybridized carbons (Fsp3) is 0.133. The third-order valence-corrected chi connectivity index (χ3v) is 3.12. The molecule has 0 bridgehead atoms. The highest BCUT2D eigenvalue weighted by Gasteiger charge is 2.41. The van der Waals surface area contributed by atoms with Gasteiger partial charge in [-0.05, 0) is 24.3 Å². The molecular formula is C15H5F8N. The maximum atomic E-state index is 14.0. The van der Waals surface area contributed by atoms with Crippen LogP contribution in [0.4, 0.5) is 35.1 Å². The first-order chi connectivity index (χ1) is 11.0. The molecule has 1 nitrogen and oxygen atoms in total. The minimum atomic E-state index is -5.23. The van der Waals surface area contributed by atoms with Gasteiger partial charge in [0.25, 0.3) is 0 Å². The number of hydrogen-bond donors (Lipinski definition) is 0. The minimum absolute atomic E-state index is 0.147. The third-order valence-electron chi connectivity index (χ3n) is 3.12. The van der Waals surface area contributed by atoms with E-state index in [4.69, 9.17) is 5.26 Å². The summed E-state index contributed by atoms with van der Waals surface area (Å²) in [4.78, 5) is 0. The van der Waals surface area contributed by atoms with Gasteiger partial charge >= 0.3 is 12.4 Å². The Bertz CT molecular complexity index is 795. The lowest BCUT2D eigenvalue weighted by Gasteiger charge is -2.19. The summed E-state index contributed by atoms with van der Waals surface area (Å²) in [6, 6.07) is 2.83. The van der Waals surface area contributed by atoms with Crippen LogP contribution in [0.1, 0.15) is 16.7 Å². The average molecular weight is 351 g/mol. The van der Waals surface area contributed by atoms with Crippen LogP contribution in [0.5, 0.6) is 0 Å². The molecule has 0 heterocycles. The lowest BCUT2D eigenvalue weighted by atomic mass is 9.92. The molecule has 2 aromatic carbocycles. The van der Waals surface area contributed by atoms with Crippen LogP contribution < -0.4 is 0 Å². The molecule has 2 aromatic rings. The molecule has 0 aromatic heterocycles. The molecule has 0 N–H and O–H groups in total. The highest BCUT2D eigenvalue weighted by molar-refractivity contribution is 5.73. The zero-order valence-electron chi connectivity index (χ0n) is 11.4. The second kappa shape index (κ2) is 5.78. The number of nitriles is 1. The van der Waals surface area contributed by atoms with Gasteiger partial charge in [0.15, 0.2) is 0 Å². The van der Waals surface area contributed by atoms with E-state index >= 15 is 0 Å². The molecule has 9 heteroatoms. The van der Waals surface area contributed by atoms with Crippen molar-refractivity contribution in [1.29, 1.82) is 5.26 Å². The molecule has 0 radical (unpaired) electrons.